The van der Waals surface area contributed by atoms with Crippen molar-refractivity contribution < 1.29 is 14.3 Å². The molecule has 6 heteroatoms. The van der Waals surface area contributed by atoms with E-state index >= 15 is 0 Å². The van der Waals surface area contributed by atoms with Crippen molar-refractivity contribution in [3.8, 4) is 0 Å². The van der Waals surface area contributed by atoms with Crippen molar-refractivity contribution in [1.82, 2.24) is 5.32 Å². The van der Waals surface area contributed by atoms with Crippen LogP contribution in [-0.2, 0) is 16.1 Å². The van der Waals surface area contributed by atoms with Crippen molar-refractivity contribution in [2.45, 2.75) is 31.9 Å². The highest BCUT2D eigenvalue weighted by molar-refractivity contribution is 5.84. The van der Waals surface area contributed by atoms with Crippen molar-refractivity contribution in [3.05, 3.63) is 35.9 Å². The molecule has 20 heavy (non-hydrogen) atoms. The van der Waals surface area contributed by atoms with Gasteiger partial charge in [0.15, 0.2) is 0 Å². The molecule has 1 aromatic carbocycles. The summed E-state index contributed by atoms with van der Waals surface area (Å²) >= 11 is 0. The van der Waals surface area contributed by atoms with Crippen molar-refractivity contribution >= 4 is 12.0 Å². The lowest BCUT2D eigenvalue weighted by Gasteiger charge is -2.15. The van der Waals surface area contributed by atoms with Crippen LogP contribution in [0.4, 0.5) is 4.79 Å². The number of carbonyl (C=O) groups excluding carboxylic acids is 2. The fraction of sp³-hybridized carbons (Fsp3) is 0.429. The number of amides is 2. The summed E-state index contributed by atoms with van der Waals surface area (Å²) in [5, 5.41) is 2.47. The summed E-state index contributed by atoms with van der Waals surface area (Å²) < 4.78 is 5.03. The normalized spacial score (nSPS) is 11.7. The Morgan fingerprint density at radius 1 is 1.20 bits per heavy atom. The van der Waals surface area contributed by atoms with Crippen LogP contribution in [-0.4, -0.2) is 24.6 Å². The number of carbonyl (C=O) groups is 2. The molecule has 0 bridgehead atoms. The first-order chi connectivity index (χ1) is 9.63. The van der Waals surface area contributed by atoms with Crippen LogP contribution in [0.1, 0.15) is 24.8 Å². The highest BCUT2D eigenvalue weighted by atomic mass is 16.5. The Hall–Kier alpha value is -2.08. The second-order valence-electron chi connectivity index (χ2n) is 4.45. The smallest absolute Gasteiger partial charge is 0.408 e. The van der Waals surface area contributed by atoms with Crippen LogP contribution in [0.25, 0.3) is 0 Å². The summed E-state index contributed by atoms with van der Waals surface area (Å²) in [4.78, 5) is 22.8. The molecule has 0 aliphatic carbocycles. The minimum Gasteiger partial charge on any atom is -0.445 e. The van der Waals surface area contributed by atoms with Crippen LogP contribution < -0.4 is 16.8 Å². The molecule has 0 unspecified atom stereocenters. The number of hydrogen-bond donors (Lipinski definition) is 3. The monoisotopic (exact) mass is 279 g/mol. The van der Waals surface area contributed by atoms with Gasteiger partial charge in [0.05, 0.1) is 0 Å². The Kier molecular flexibility index (Phi) is 7.13. The molecule has 6 nitrogen and oxygen atoms in total. The molecule has 1 aromatic rings. The minimum absolute atomic E-state index is 0.154. The van der Waals surface area contributed by atoms with Crippen LogP contribution in [0.3, 0.4) is 0 Å². The van der Waals surface area contributed by atoms with Gasteiger partial charge in [0.2, 0.25) is 5.91 Å². The topological polar surface area (TPSA) is 107 Å². The van der Waals surface area contributed by atoms with E-state index in [9.17, 15) is 9.59 Å². The van der Waals surface area contributed by atoms with E-state index in [1.165, 1.54) is 0 Å². The molecule has 0 aliphatic heterocycles. The number of benzene rings is 1. The first-order valence-corrected chi connectivity index (χ1v) is 6.60. The number of rotatable bonds is 8. The quantitative estimate of drug-likeness (QED) is 0.614. The van der Waals surface area contributed by atoms with Gasteiger partial charge in [-0.25, -0.2) is 4.79 Å². The Morgan fingerprint density at radius 3 is 2.50 bits per heavy atom. The number of alkyl carbamates (subject to hydrolysis) is 1. The van der Waals surface area contributed by atoms with E-state index in [1.54, 1.807) is 0 Å². The van der Waals surface area contributed by atoms with Gasteiger partial charge in [-0.3, -0.25) is 4.79 Å². The standard InChI is InChI=1S/C14H21N3O3/c15-9-5-4-8-12(13(16)18)17-14(19)20-10-11-6-2-1-3-7-11/h1-3,6-7,12H,4-5,8-10,15H2,(H2,16,18)(H,17,19)/t12-/m0/s1. The molecule has 0 radical (unpaired) electrons. The predicted molar refractivity (Wildman–Crippen MR) is 75.7 cm³/mol. The van der Waals surface area contributed by atoms with Gasteiger partial charge >= 0.3 is 6.09 Å². The van der Waals surface area contributed by atoms with Crippen LogP contribution in [0, 0.1) is 0 Å². The summed E-state index contributed by atoms with van der Waals surface area (Å²) in [5.41, 5.74) is 11.5. The molecule has 1 atom stereocenters. The molecular formula is C14H21N3O3. The Morgan fingerprint density at radius 2 is 1.90 bits per heavy atom. The molecule has 2 amide bonds. The van der Waals surface area contributed by atoms with Crippen LogP contribution in [0.15, 0.2) is 30.3 Å². The van der Waals surface area contributed by atoms with Crippen molar-refractivity contribution in [2.75, 3.05) is 6.54 Å². The molecule has 0 heterocycles. The average Bonchev–Trinajstić information content (AvgIpc) is 2.45. The van der Waals surface area contributed by atoms with Gasteiger partial charge in [0, 0.05) is 0 Å². The number of primary amides is 1. The molecule has 0 saturated heterocycles. The molecule has 0 aliphatic rings. The van der Waals surface area contributed by atoms with E-state index in [4.69, 9.17) is 16.2 Å². The van der Waals surface area contributed by atoms with E-state index in [-0.39, 0.29) is 6.61 Å². The number of ether oxygens (including phenoxy) is 1. The maximum absolute atomic E-state index is 11.6. The van der Waals surface area contributed by atoms with E-state index in [1.807, 2.05) is 30.3 Å². The molecule has 110 valence electrons. The molecule has 0 spiro atoms. The third-order valence-electron chi connectivity index (χ3n) is 2.80. The summed E-state index contributed by atoms with van der Waals surface area (Å²) in [6, 6.07) is 8.57. The van der Waals surface area contributed by atoms with Crippen molar-refractivity contribution in [2.24, 2.45) is 11.5 Å². The highest BCUT2D eigenvalue weighted by Crippen LogP contribution is 2.03. The Bertz CT molecular complexity index is 423. The molecule has 1 rings (SSSR count). The molecule has 5 N–H and O–H groups in total. The lowest BCUT2D eigenvalue weighted by atomic mass is 10.1. The fourth-order valence-electron chi connectivity index (χ4n) is 1.69. The van der Waals surface area contributed by atoms with Gasteiger partial charge in [-0.2, -0.15) is 0 Å². The lowest BCUT2D eigenvalue weighted by molar-refractivity contribution is -0.120. The minimum atomic E-state index is -0.718. The zero-order chi connectivity index (χ0) is 14.8. The number of hydrogen-bond acceptors (Lipinski definition) is 4. The first-order valence-electron chi connectivity index (χ1n) is 6.60. The average molecular weight is 279 g/mol. The van der Waals surface area contributed by atoms with Crippen LogP contribution in [0.2, 0.25) is 0 Å². The molecule has 0 fully saturated rings. The largest absolute Gasteiger partial charge is 0.445 e. The molecule has 0 aromatic heterocycles. The highest BCUT2D eigenvalue weighted by Gasteiger charge is 2.18. The summed E-state index contributed by atoms with van der Waals surface area (Å²) in [5.74, 6) is -0.571. The second kappa shape index (κ2) is 8.92. The number of nitrogens with two attached hydrogens (primary N) is 2. The van der Waals surface area contributed by atoms with E-state index in [0.29, 0.717) is 13.0 Å². The van der Waals surface area contributed by atoms with Crippen molar-refractivity contribution in [1.29, 1.82) is 0 Å². The predicted octanol–water partition coefficient (Wildman–Crippen LogP) is 0.896. The van der Waals surface area contributed by atoms with Gasteiger partial charge in [-0.1, -0.05) is 30.3 Å². The summed E-state index contributed by atoms with van der Waals surface area (Å²) in [6.07, 6.45) is 1.33. The Balaban J connectivity index is 2.36. The maximum Gasteiger partial charge on any atom is 0.408 e. The molecule has 0 saturated carbocycles. The third-order valence-corrected chi connectivity index (χ3v) is 2.80. The number of nitrogens with one attached hydrogen (secondary N) is 1. The van der Waals surface area contributed by atoms with Gasteiger partial charge in [0.25, 0.3) is 0 Å². The van der Waals surface area contributed by atoms with E-state index < -0.39 is 18.0 Å². The van der Waals surface area contributed by atoms with Crippen LogP contribution >= 0.6 is 0 Å². The first kappa shape index (κ1) is 16.0. The van der Waals surface area contributed by atoms with Crippen molar-refractivity contribution in [3.63, 3.8) is 0 Å². The molecular weight excluding hydrogens is 258 g/mol. The van der Waals surface area contributed by atoms with Gasteiger partial charge in [-0.05, 0) is 31.4 Å². The summed E-state index contributed by atoms with van der Waals surface area (Å²) in [7, 11) is 0. The summed E-state index contributed by atoms with van der Waals surface area (Å²) in [6.45, 7) is 0.699. The maximum atomic E-state index is 11.6. The number of unbranched alkanes of at least 4 members (excludes halogenated alkanes) is 1. The van der Waals surface area contributed by atoms with Crippen LogP contribution in [0.5, 0.6) is 0 Å². The van der Waals surface area contributed by atoms with E-state index in [0.717, 1.165) is 18.4 Å². The second-order valence-corrected chi connectivity index (χ2v) is 4.45. The van der Waals surface area contributed by atoms with Gasteiger partial charge in [-0.15, -0.1) is 0 Å². The fourth-order valence-corrected chi connectivity index (χ4v) is 1.69. The lowest BCUT2D eigenvalue weighted by Crippen LogP contribution is -2.44. The zero-order valence-corrected chi connectivity index (χ0v) is 11.4. The van der Waals surface area contributed by atoms with Gasteiger partial charge < -0.3 is 21.5 Å². The SMILES string of the molecule is NCCCC[C@H](NC(=O)OCc1ccccc1)C(N)=O. The van der Waals surface area contributed by atoms with Gasteiger partial charge in [0.1, 0.15) is 12.6 Å². The van der Waals surface area contributed by atoms with E-state index in [2.05, 4.69) is 5.32 Å². The zero-order valence-electron chi connectivity index (χ0n) is 11.4. The third kappa shape index (κ3) is 6.19. The Labute approximate surface area is 118 Å².